The van der Waals surface area contributed by atoms with Crippen molar-refractivity contribution < 1.29 is 9.59 Å². The smallest absolute Gasteiger partial charge is 0.282 e. The first kappa shape index (κ1) is 15.4. The standard InChI is InChI=1S/C17H22N2O2S/c1-12(18-16(20)11-19-8-9-22-17(19)21)14-7-6-13-4-2-3-5-15(13)10-14/h6-7,10,12H,2-5,8-9,11H2,1H3,(H,18,20)/t12-/m0/s1. The van der Waals surface area contributed by atoms with Crippen LogP contribution in [0, 0.1) is 0 Å². The van der Waals surface area contributed by atoms with Crippen molar-refractivity contribution in [2.75, 3.05) is 18.8 Å². The lowest BCUT2D eigenvalue weighted by atomic mass is 9.89. The number of hydrogen-bond acceptors (Lipinski definition) is 3. The number of amides is 2. The lowest BCUT2D eigenvalue weighted by molar-refractivity contribution is -0.122. The summed E-state index contributed by atoms with van der Waals surface area (Å²) in [5.41, 5.74) is 4.03. The molecule has 118 valence electrons. The van der Waals surface area contributed by atoms with Gasteiger partial charge in [-0.05, 0) is 49.3 Å². The number of rotatable bonds is 4. The fourth-order valence-electron chi connectivity index (χ4n) is 3.14. The van der Waals surface area contributed by atoms with Gasteiger partial charge in [0.25, 0.3) is 5.24 Å². The van der Waals surface area contributed by atoms with Crippen LogP contribution < -0.4 is 5.32 Å². The Balaban J connectivity index is 1.60. The first-order chi connectivity index (χ1) is 10.6. The maximum absolute atomic E-state index is 12.1. The molecule has 0 saturated carbocycles. The Hall–Kier alpha value is -1.49. The van der Waals surface area contributed by atoms with Gasteiger partial charge in [0, 0.05) is 12.3 Å². The number of nitrogens with zero attached hydrogens (tertiary/aromatic N) is 1. The van der Waals surface area contributed by atoms with Gasteiger partial charge in [-0.15, -0.1) is 0 Å². The van der Waals surface area contributed by atoms with E-state index in [2.05, 4.69) is 23.5 Å². The molecule has 0 radical (unpaired) electrons. The third kappa shape index (κ3) is 3.46. The molecular weight excluding hydrogens is 296 g/mol. The predicted molar refractivity (Wildman–Crippen MR) is 89.1 cm³/mol. The molecule has 2 amide bonds. The second kappa shape index (κ2) is 6.73. The zero-order valence-electron chi connectivity index (χ0n) is 12.9. The van der Waals surface area contributed by atoms with Crippen LogP contribution >= 0.6 is 11.8 Å². The number of hydrogen-bond donors (Lipinski definition) is 1. The van der Waals surface area contributed by atoms with Gasteiger partial charge in [-0.1, -0.05) is 30.0 Å². The summed E-state index contributed by atoms with van der Waals surface area (Å²) in [7, 11) is 0. The summed E-state index contributed by atoms with van der Waals surface area (Å²) >= 11 is 1.29. The molecule has 1 N–H and O–H groups in total. The van der Waals surface area contributed by atoms with Crippen LogP contribution in [0.5, 0.6) is 0 Å². The van der Waals surface area contributed by atoms with Gasteiger partial charge in [0.2, 0.25) is 5.91 Å². The van der Waals surface area contributed by atoms with E-state index in [1.165, 1.54) is 42.2 Å². The molecule has 1 fully saturated rings. The maximum atomic E-state index is 12.1. The molecule has 3 rings (SSSR count). The van der Waals surface area contributed by atoms with Crippen molar-refractivity contribution >= 4 is 22.9 Å². The molecule has 0 bridgehead atoms. The SMILES string of the molecule is C[C@H](NC(=O)CN1CCSC1=O)c1ccc2c(c1)CCCC2. The third-order valence-electron chi connectivity index (χ3n) is 4.43. The van der Waals surface area contributed by atoms with E-state index in [1.807, 2.05) is 6.92 Å². The van der Waals surface area contributed by atoms with Crippen molar-refractivity contribution in [3.63, 3.8) is 0 Å². The number of thioether (sulfide) groups is 1. The summed E-state index contributed by atoms with van der Waals surface area (Å²) in [6, 6.07) is 6.53. The molecule has 1 saturated heterocycles. The fraction of sp³-hybridized carbons (Fsp3) is 0.529. The molecule has 0 spiro atoms. The van der Waals surface area contributed by atoms with Crippen LogP contribution in [-0.4, -0.2) is 34.9 Å². The van der Waals surface area contributed by atoms with E-state index < -0.39 is 0 Å². The highest BCUT2D eigenvalue weighted by atomic mass is 32.2. The van der Waals surface area contributed by atoms with Crippen LogP contribution in [0.1, 0.15) is 42.5 Å². The molecular formula is C17H22N2O2S. The second-order valence-corrected chi connectivity index (χ2v) is 7.11. The Bertz CT molecular complexity index is 588. The number of nitrogens with one attached hydrogen (secondary N) is 1. The zero-order valence-corrected chi connectivity index (χ0v) is 13.7. The first-order valence-electron chi connectivity index (χ1n) is 7.96. The molecule has 1 heterocycles. The lowest BCUT2D eigenvalue weighted by Crippen LogP contribution is -2.38. The molecule has 1 aromatic rings. The monoisotopic (exact) mass is 318 g/mol. The minimum absolute atomic E-state index is 0.0107. The van der Waals surface area contributed by atoms with Crippen LogP contribution in [0.3, 0.4) is 0 Å². The van der Waals surface area contributed by atoms with Crippen LogP contribution in [-0.2, 0) is 17.6 Å². The summed E-state index contributed by atoms with van der Waals surface area (Å²) in [5.74, 6) is 0.702. The van der Waals surface area contributed by atoms with Gasteiger partial charge in [0.15, 0.2) is 0 Å². The molecule has 0 unspecified atom stereocenters. The quantitative estimate of drug-likeness (QED) is 0.928. The van der Waals surface area contributed by atoms with Gasteiger partial charge < -0.3 is 10.2 Å². The number of carbonyl (C=O) groups excluding carboxylic acids is 2. The van der Waals surface area contributed by atoms with Crippen LogP contribution in [0.2, 0.25) is 0 Å². The Labute approximate surface area is 135 Å². The van der Waals surface area contributed by atoms with Gasteiger partial charge in [-0.25, -0.2) is 0 Å². The summed E-state index contributed by atoms with van der Waals surface area (Å²) < 4.78 is 0. The Morgan fingerprint density at radius 2 is 2.09 bits per heavy atom. The zero-order chi connectivity index (χ0) is 15.5. The van der Waals surface area contributed by atoms with Crippen LogP contribution in [0.4, 0.5) is 4.79 Å². The molecule has 4 nitrogen and oxygen atoms in total. The van der Waals surface area contributed by atoms with E-state index in [9.17, 15) is 9.59 Å². The second-order valence-electron chi connectivity index (χ2n) is 6.06. The molecule has 1 aromatic carbocycles. The highest BCUT2D eigenvalue weighted by Gasteiger charge is 2.24. The fourth-order valence-corrected chi connectivity index (χ4v) is 3.96. The summed E-state index contributed by atoms with van der Waals surface area (Å²) in [4.78, 5) is 25.2. The predicted octanol–water partition coefficient (Wildman–Crippen LogP) is 2.91. The lowest BCUT2D eigenvalue weighted by Gasteiger charge is -2.21. The van der Waals surface area contributed by atoms with Crippen molar-refractivity contribution in [2.24, 2.45) is 0 Å². The minimum atomic E-state index is -0.0823. The van der Waals surface area contributed by atoms with Gasteiger partial charge in [-0.2, -0.15) is 0 Å². The number of aryl methyl sites for hydroxylation is 2. The van der Waals surface area contributed by atoms with Gasteiger partial charge in [0.05, 0.1) is 6.04 Å². The average molecular weight is 318 g/mol. The van der Waals surface area contributed by atoms with Crippen LogP contribution in [0.15, 0.2) is 18.2 Å². The number of fused-ring (bicyclic) bond motifs is 1. The highest BCUT2D eigenvalue weighted by molar-refractivity contribution is 8.13. The van der Waals surface area contributed by atoms with Crippen LogP contribution in [0.25, 0.3) is 0 Å². The topological polar surface area (TPSA) is 49.4 Å². The maximum Gasteiger partial charge on any atom is 0.282 e. The molecule has 5 heteroatoms. The van der Waals surface area contributed by atoms with Crippen molar-refractivity contribution in [2.45, 2.75) is 38.6 Å². The minimum Gasteiger partial charge on any atom is -0.348 e. The van der Waals surface area contributed by atoms with Crippen molar-refractivity contribution in [1.82, 2.24) is 10.2 Å². The van der Waals surface area contributed by atoms with E-state index in [-0.39, 0.29) is 23.7 Å². The Morgan fingerprint density at radius 1 is 1.32 bits per heavy atom. The molecule has 1 aliphatic carbocycles. The Kier molecular flexibility index (Phi) is 4.71. The van der Waals surface area contributed by atoms with E-state index >= 15 is 0 Å². The van der Waals surface area contributed by atoms with Gasteiger partial charge in [-0.3, -0.25) is 9.59 Å². The molecule has 1 aliphatic heterocycles. The molecule has 0 aromatic heterocycles. The molecule has 1 atom stereocenters. The number of benzene rings is 1. The van der Waals surface area contributed by atoms with Crippen molar-refractivity contribution in [1.29, 1.82) is 0 Å². The van der Waals surface area contributed by atoms with Crippen molar-refractivity contribution in [3.05, 3.63) is 34.9 Å². The third-order valence-corrected chi connectivity index (χ3v) is 5.32. The van der Waals surface area contributed by atoms with E-state index in [0.717, 1.165) is 17.7 Å². The highest BCUT2D eigenvalue weighted by Crippen LogP contribution is 2.25. The van der Waals surface area contributed by atoms with Gasteiger partial charge in [0.1, 0.15) is 6.54 Å². The van der Waals surface area contributed by atoms with Gasteiger partial charge >= 0.3 is 0 Å². The normalized spacial score (nSPS) is 19.0. The van der Waals surface area contributed by atoms with E-state index in [1.54, 1.807) is 4.90 Å². The van der Waals surface area contributed by atoms with Crippen molar-refractivity contribution in [3.8, 4) is 0 Å². The summed E-state index contributed by atoms with van der Waals surface area (Å²) in [6.45, 7) is 2.84. The summed E-state index contributed by atoms with van der Waals surface area (Å²) in [5, 5.41) is 3.02. The Morgan fingerprint density at radius 3 is 2.82 bits per heavy atom. The number of carbonyl (C=O) groups is 2. The van der Waals surface area contributed by atoms with E-state index in [4.69, 9.17) is 0 Å². The molecule has 2 aliphatic rings. The molecule has 22 heavy (non-hydrogen) atoms. The first-order valence-corrected chi connectivity index (χ1v) is 8.95. The summed E-state index contributed by atoms with van der Waals surface area (Å²) in [6.07, 6.45) is 4.85. The average Bonchev–Trinajstić information content (AvgIpc) is 2.91. The largest absolute Gasteiger partial charge is 0.348 e. The van der Waals surface area contributed by atoms with E-state index in [0.29, 0.717) is 6.54 Å².